The van der Waals surface area contributed by atoms with Crippen LogP contribution in [0.5, 0.6) is 0 Å². The molecule has 6 heteroatoms. The van der Waals surface area contributed by atoms with Gasteiger partial charge in [0.05, 0.1) is 13.1 Å². The van der Waals surface area contributed by atoms with Gasteiger partial charge in [0.1, 0.15) is 0 Å². The van der Waals surface area contributed by atoms with E-state index in [9.17, 15) is 4.79 Å². The first kappa shape index (κ1) is 18.9. The van der Waals surface area contributed by atoms with Gasteiger partial charge >= 0.3 is 0 Å². The number of nitrogens with one attached hydrogen (secondary N) is 2. The Labute approximate surface area is 163 Å². The highest BCUT2D eigenvalue weighted by atomic mass is 32.1. The molecule has 0 saturated heterocycles. The highest BCUT2D eigenvalue weighted by Crippen LogP contribution is 2.14. The van der Waals surface area contributed by atoms with Gasteiger partial charge in [-0.15, -0.1) is 11.3 Å². The molecule has 2 aromatic heterocycles. The summed E-state index contributed by atoms with van der Waals surface area (Å²) in [6, 6.07) is 17.7. The molecular formula is C21H24N4OS. The number of benzene rings is 1. The number of guanidine groups is 1. The molecular weight excluding hydrogens is 356 g/mol. The number of hydrogen-bond donors (Lipinski definition) is 2. The van der Waals surface area contributed by atoms with Crippen LogP contribution < -0.4 is 16.2 Å². The maximum Gasteiger partial charge on any atom is 0.250 e. The van der Waals surface area contributed by atoms with Gasteiger partial charge in [0.25, 0.3) is 5.56 Å². The molecule has 5 nitrogen and oxygen atoms in total. The zero-order valence-electron chi connectivity index (χ0n) is 15.6. The molecule has 0 amide bonds. The first-order chi connectivity index (χ1) is 13.1. The predicted molar refractivity (Wildman–Crippen MR) is 112 cm³/mol. The van der Waals surface area contributed by atoms with Crippen molar-refractivity contribution in [1.82, 2.24) is 15.2 Å². The number of nitrogens with zero attached hydrogens (tertiary/aromatic N) is 2. The van der Waals surface area contributed by atoms with Crippen molar-refractivity contribution in [2.45, 2.75) is 26.6 Å². The van der Waals surface area contributed by atoms with E-state index in [1.54, 1.807) is 35.1 Å². The minimum atomic E-state index is 0.0130. The SMILES string of the molecule is CN=C(NCc1ccc(Cn2ccccc2=O)cc1)NCc1ccc(C)s1. The van der Waals surface area contributed by atoms with Gasteiger partial charge in [0.15, 0.2) is 5.96 Å². The van der Waals surface area contributed by atoms with Gasteiger partial charge in [0, 0.05) is 35.6 Å². The molecule has 3 rings (SSSR count). The lowest BCUT2D eigenvalue weighted by atomic mass is 10.1. The van der Waals surface area contributed by atoms with Crippen molar-refractivity contribution in [2.24, 2.45) is 4.99 Å². The molecule has 0 saturated carbocycles. The third kappa shape index (κ3) is 5.56. The molecule has 0 radical (unpaired) electrons. The quantitative estimate of drug-likeness (QED) is 0.510. The number of aliphatic imine (C=N–C) groups is 1. The van der Waals surface area contributed by atoms with Crippen molar-refractivity contribution in [3.63, 3.8) is 0 Å². The van der Waals surface area contributed by atoms with E-state index in [2.05, 4.69) is 58.9 Å². The summed E-state index contributed by atoms with van der Waals surface area (Å²) < 4.78 is 1.70. The van der Waals surface area contributed by atoms with Crippen LogP contribution in [0.15, 0.2) is 70.6 Å². The molecule has 0 spiro atoms. The van der Waals surface area contributed by atoms with Gasteiger partial charge in [-0.25, -0.2) is 0 Å². The maximum atomic E-state index is 11.8. The van der Waals surface area contributed by atoms with Crippen LogP contribution in [0.4, 0.5) is 0 Å². The monoisotopic (exact) mass is 380 g/mol. The van der Waals surface area contributed by atoms with E-state index in [1.807, 2.05) is 12.3 Å². The van der Waals surface area contributed by atoms with Gasteiger partial charge < -0.3 is 15.2 Å². The highest BCUT2D eigenvalue weighted by Gasteiger charge is 2.02. The van der Waals surface area contributed by atoms with Crippen LogP contribution in [0.25, 0.3) is 0 Å². The fraction of sp³-hybridized carbons (Fsp3) is 0.238. The van der Waals surface area contributed by atoms with E-state index in [0.717, 1.165) is 23.6 Å². The lowest BCUT2D eigenvalue weighted by molar-refractivity contribution is 0.758. The minimum absolute atomic E-state index is 0.0130. The third-order valence-electron chi connectivity index (χ3n) is 4.18. The molecule has 2 N–H and O–H groups in total. The second kappa shape index (κ2) is 9.19. The van der Waals surface area contributed by atoms with Crippen molar-refractivity contribution < 1.29 is 0 Å². The Morgan fingerprint density at radius 3 is 2.41 bits per heavy atom. The largest absolute Gasteiger partial charge is 0.352 e. The zero-order valence-corrected chi connectivity index (χ0v) is 16.4. The van der Waals surface area contributed by atoms with E-state index >= 15 is 0 Å². The van der Waals surface area contributed by atoms with E-state index < -0.39 is 0 Å². The molecule has 0 fully saturated rings. The first-order valence-corrected chi connectivity index (χ1v) is 9.69. The van der Waals surface area contributed by atoms with Crippen LogP contribution in [0.3, 0.4) is 0 Å². The second-order valence-corrected chi connectivity index (χ2v) is 7.65. The summed E-state index contributed by atoms with van der Waals surface area (Å²) >= 11 is 1.79. The number of hydrogen-bond acceptors (Lipinski definition) is 3. The summed E-state index contributed by atoms with van der Waals surface area (Å²) in [5.41, 5.74) is 2.27. The summed E-state index contributed by atoms with van der Waals surface area (Å²) in [6.07, 6.45) is 1.81. The fourth-order valence-corrected chi connectivity index (χ4v) is 3.54. The Bertz CT molecular complexity index is 957. The molecule has 0 aliphatic heterocycles. The van der Waals surface area contributed by atoms with Crippen LogP contribution in [0.1, 0.15) is 20.9 Å². The van der Waals surface area contributed by atoms with Gasteiger partial charge in [-0.05, 0) is 36.2 Å². The number of aromatic nitrogens is 1. The molecule has 3 aromatic rings. The van der Waals surface area contributed by atoms with Crippen molar-refractivity contribution in [3.05, 3.63) is 92.0 Å². The third-order valence-corrected chi connectivity index (χ3v) is 5.19. The average Bonchev–Trinajstić information content (AvgIpc) is 3.10. The average molecular weight is 381 g/mol. The lowest BCUT2D eigenvalue weighted by Crippen LogP contribution is -2.36. The molecule has 2 heterocycles. The van der Waals surface area contributed by atoms with E-state index in [1.165, 1.54) is 9.75 Å². The molecule has 27 heavy (non-hydrogen) atoms. The predicted octanol–water partition coefficient (Wildman–Crippen LogP) is 3.13. The molecule has 0 aliphatic carbocycles. The maximum absolute atomic E-state index is 11.8. The van der Waals surface area contributed by atoms with Crippen LogP contribution in [0, 0.1) is 6.92 Å². The van der Waals surface area contributed by atoms with E-state index in [-0.39, 0.29) is 5.56 Å². The van der Waals surface area contributed by atoms with Gasteiger partial charge in [-0.1, -0.05) is 30.3 Å². The molecule has 0 atom stereocenters. The fourth-order valence-electron chi connectivity index (χ4n) is 2.71. The molecule has 1 aromatic carbocycles. The van der Waals surface area contributed by atoms with E-state index in [4.69, 9.17) is 0 Å². The smallest absolute Gasteiger partial charge is 0.250 e. The summed E-state index contributed by atoms with van der Waals surface area (Å²) in [7, 11) is 1.77. The molecule has 0 aliphatic rings. The Kier molecular flexibility index (Phi) is 6.44. The van der Waals surface area contributed by atoms with Crippen LogP contribution in [-0.2, 0) is 19.6 Å². The van der Waals surface area contributed by atoms with Crippen LogP contribution >= 0.6 is 11.3 Å². The lowest BCUT2D eigenvalue weighted by Gasteiger charge is -2.12. The number of aryl methyl sites for hydroxylation is 1. The number of pyridine rings is 1. The van der Waals surface area contributed by atoms with Gasteiger partial charge in [0.2, 0.25) is 0 Å². The molecule has 0 bridgehead atoms. The van der Waals surface area contributed by atoms with Crippen molar-refractivity contribution in [2.75, 3.05) is 7.05 Å². The van der Waals surface area contributed by atoms with Gasteiger partial charge in [-0.3, -0.25) is 9.79 Å². The van der Waals surface area contributed by atoms with Crippen molar-refractivity contribution in [1.29, 1.82) is 0 Å². The molecule has 0 unspecified atom stereocenters. The molecule has 140 valence electrons. The Balaban J connectivity index is 1.51. The van der Waals surface area contributed by atoms with Gasteiger partial charge in [-0.2, -0.15) is 0 Å². The standard InChI is InChI=1S/C21H24N4OS/c1-16-6-11-19(27-16)14-24-21(22-2)23-13-17-7-9-18(10-8-17)15-25-12-4-3-5-20(25)26/h3-12H,13-15H2,1-2H3,(H2,22,23,24). The summed E-state index contributed by atoms with van der Waals surface area (Å²) in [4.78, 5) is 18.7. The normalized spacial score (nSPS) is 11.4. The zero-order chi connectivity index (χ0) is 19.1. The second-order valence-electron chi connectivity index (χ2n) is 6.27. The number of rotatable bonds is 6. The summed E-state index contributed by atoms with van der Waals surface area (Å²) in [5.74, 6) is 0.779. The Morgan fingerprint density at radius 1 is 1.00 bits per heavy atom. The highest BCUT2D eigenvalue weighted by molar-refractivity contribution is 7.11. The van der Waals surface area contributed by atoms with E-state index in [0.29, 0.717) is 13.1 Å². The van der Waals surface area contributed by atoms with Crippen LogP contribution in [-0.4, -0.2) is 17.6 Å². The summed E-state index contributed by atoms with van der Waals surface area (Å²) in [6.45, 7) is 4.15. The minimum Gasteiger partial charge on any atom is -0.352 e. The topological polar surface area (TPSA) is 58.4 Å². The number of thiophene rings is 1. The van der Waals surface area contributed by atoms with Crippen LogP contribution in [0.2, 0.25) is 0 Å². The van der Waals surface area contributed by atoms with Crippen molar-refractivity contribution >= 4 is 17.3 Å². The van der Waals surface area contributed by atoms with Crippen molar-refractivity contribution in [3.8, 4) is 0 Å². The summed E-state index contributed by atoms with van der Waals surface area (Å²) in [5, 5.41) is 6.66. The Hall–Kier alpha value is -2.86. The first-order valence-electron chi connectivity index (χ1n) is 8.87. The Morgan fingerprint density at radius 2 is 1.74 bits per heavy atom.